The number of likely N-dealkylation sites (tertiary alicyclic amines) is 1. The Kier molecular flexibility index (Phi) is 5.11. The van der Waals surface area contributed by atoms with E-state index in [1.165, 1.54) is 0 Å². The van der Waals surface area contributed by atoms with E-state index in [0.29, 0.717) is 36.7 Å². The zero-order valence-corrected chi connectivity index (χ0v) is 14.6. The number of nitrogens with one attached hydrogen (secondary N) is 2. The summed E-state index contributed by atoms with van der Waals surface area (Å²) in [5.74, 6) is 1.33. The molecule has 1 saturated heterocycles. The number of amides is 2. The minimum atomic E-state index is -0.176. The van der Waals surface area contributed by atoms with Crippen LogP contribution >= 0.6 is 0 Å². The van der Waals surface area contributed by atoms with Crippen molar-refractivity contribution in [2.45, 2.75) is 19.3 Å². The first-order valence-corrected chi connectivity index (χ1v) is 8.43. The lowest BCUT2D eigenvalue weighted by molar-refractivity contribution is -0.127. The van der Waals surface area contributed by atoms with Crippen LogP contribution in [-0.4, -0.2) is 55.6 Å². The van der Waals surface area contributed by atoms with Crippen molar-refractivity contribution < 1.29 is 19.1 Å². The fraction of sp³-hybridized carbons (Fsp3) is 0.444. The molecule has 0 spiro atoms. The highest BCUT2D eigenvalue weighted by Crippen LogP contribution is 2.31. The normalized spacial score (nSPS) is 14.2. The average Bonchev–Trinajstić information content (AvgIpc) is 3.23. The predicted octanol–water partition coefficient (Wildman–Crippen LogP) is 1.93. The number of ether oxygens (including phenoxy) is 2. The third kappa shape index (κ3) is 3.70. The quantitative estimate of drug-likeness (QED) is 0.751. The van der Waals surface area contributed by atoms with Crippen LogP contribution < -0.4 is 14.8 Å². The lowest BCUT2D eigenvalue weighted by Gasteiger charge is -2.15. The first-order valence-electron chi connectivity index (χ1n) is 8.43. The van der Waals surface area contributed by atoms with Crippen molar-refractivity contribution in [1.29, 1.82) is 0 Å². The SMILES string of the molecule is COc1cc(OC)c2[nH]c(C(=O)NCCCN3CCCC3=O)cc2c1. The molecular weight excluding hydrogens is 322 g/mol. The lowest BCUT2D eigenvalue weighted by Crippen LogP contribution is -2.30. The molecule has 0 atom stereocenters. The van der Waals surface area contributed by atoms with E-state index in [-0.39, 0.29) is 11.8 Å². The van der Waals surface area contributed by atoms with Crippen molar-refractivity contribution in [2.75, 3.05) is 33.9 Å². The van der Waals surface area contributed by atoms with E-state index in [0.717, 1.165) is 30.3 Å². The van der Waals surface area contributed by atoms with Gasteiger partial charge in [-0.15, -0.1) is 0 Å². The van der Waals surface area contributed by atoms with E-state index in [9.17, 15) is 9.59 Å². The number of aromatic nitrogens is 1. The van der Waals surface area contributed by atoms with Gasteiger partial charge in [-0.25, -0.2) is 0 Å². The van der Waals surface area contributed by atoms with Gasteiger partial charge in [0.1, 0.15) is 17.2 Å². The number of rotatable bonds is 7. The lowest BCUT2D eigenvalue weighted by atomic mass is 10.2. The molecule has 134 valence electrons. The van der Waals surface area contributed by atoms with Gasteiger partial charge in [0.25, 0.3) is 5.91 Å². The van der Waals surface area contributed by atoms with E-state index in [1.54, 1.807) is 26.4 Å². The van der Waals surface area contributed by atoms with Gasteiger partial charge in [0.2, 0.25) is 5.91 Å². The van der Waals surface area contributed by atoms with Gasteiger partial charge in [0.15, 0.2) is 0 Å². The Bertz CT molecular complexity index is 784. The number of hydrogen-bond acceptors (Lipinski definition) is 4. The van der Waals surface area contributed by atoms with Gasteiger partial charge in [0, 0.05) is 37.5 Å². The zero-order valence-electron chi connectivity index (χ0n) is 14.6. The Morgan fingerprint density at radius 3 is 2.80 bits per heavy atom. The van der Waals surface area contributed by atoms with Gasteiger partial charge in [-0.1, -0.05) is 0 Å². The van der Waals surface area contributed by atoms with Crippen molar-refractivity contribution in [3.8, 4) is 11.5 Å². The Balaban J connectivity index is 1.61. The molecule has 1 aromatic carbocycles. The number of aromatic amines is 1. The summed E-state index contributed by atoms with van der Waals surface area (Å²) in [5, 5.41) is 3.74. The molecule has 0 unspecified atom stereocenters. The molecular formula is C18H23N3O4. The molecule has 0 aliphatic carbocycles. The molecule has 7 heteroatoms. The smallest absolute Gasteiger partial charge is 0.267 e. The minimum Gasteiger partial charge on any atom is -0.497 e. The summed E-state index contributed by atoms with van der Waals surface area (Å²) in [5.41, 5.74) is 1.23. The van der Waals surface area contributed by atoms with E-state index in [2.05, 4.69) is 10.3 Å². The molecule has 0 saturated carbocycles. The molecule has 1 aliphatic rings. The monoisotopic (exact) mass is 345 g/mol. The standard InChI is InChI=1S/C18H23N3O4/c1-24-13-9-12-10-14(20-17(12)15(11-13)25-2)18(23)19-6-4-8-21-7-3-5-16(21)22/h9-11,20H,3-8H2,1-2H3,(H,19,23). The third-order valence-electron chi connectivity index (χ3n) is 4.43. The number of methoxy groups -OCH3 is 2. The Morgan fingerprint density at radius 2 is 2.12 bits per heavy atom. The highest BCUT2D eigenvalue weighted by atomic mass is 16.5. The maximum atomic E-state index is 12.3. The molecule has 1 aromatic heterocycles. The minimum absolute atomic E-state index is 0.176. The Morgan fingerprint density at radius 1 is 1.28 bits per heavy atom. The summed E-state index contributed by atoms with van der Waals surface area (Å²) < 4.78 is 10.6. The number of benzene rings is 1. The van der Waals surface area contributed by atoms with Crippen molar-refractivity contribution in [3.05, 3.63) is 23.9 Å². The first kappa shape index (κ1) is 17.1. The number of carbonyl (C=O) groups excluding carboxylic acids is 2. The topological polar surface area (TPSA) is 83.7 Å². The molecule has 2 amide bonds. The summed E-state index contributed by atoms with van der Waals surface area (Å²) in [7, 11) is 3.17. The second-order valence-electron chi connectivity index (χ2n) is 6.07. The Hall–Kier alpha value is -2.70. The third-order valence-corrected chi connectivity index (χ3v) is 4.43. The van der Waals surface area contributed by atoms with Crippen LogP contribution in [0.3, 0.4) is 0 Å². The number of H-pyrrole nitrogens is 1. The van der Waals surface area contributed by atoms with E-state index >= 15 is 0 Å². The van der Waals surface area contributed by atoms with Crippen molar-refractivity contribution in [2.24, 2.45) is 0 Å². The van der Waals surface area contributed by atoms with Gasteiger partial charge >= 0.3 is 0 Å². The molecule has 0 bridgehead atoms. The highest BCUT2D eigenvalue weighted by Gasteiger charge is 2.19. The average molecular weight is 345 g/mol. The summed E-state index contributed by atoms with van der Waals surface area (Å²) in [4.78, 5) is 28.8. The zero-order chi connectivity index (χ0) is 17.8. The van der Waals surface area contributed by atoms with Crippen LogP contribution in [0.1, 0.15) is 29.8 Å². The van der Waals surface area contributed by atoms with Crippen LogP contribution in [0.2, 0.25) is 0 Å². The number of nitrogens with zero attached hydrogens (tertiary/aromatic N) is 1. The fourth-order valence-electron chi connectivity index (χ4n) is 3.09. The molecule has 7 nitrogen and oxygen atoms in total. The predicted molar refractivity (Wildman–Crippen MR) is 94.2 cm³/mol. The number of hydrogen-bond donors (Lipinski definition) is 2. The van der Waals surface area contributed by atoms with E-state index < -0.39 is 0 Å². The maximum absolute atomic E-state index is 12.3. The summed E-state index contributed by atoms with van der Waals surface area (Å²) in [6.07, 6.45) is 2.33. The van der Waals surface area contributed by atoms with Crippen LogP contribution in [-0.2, 0) is 4.79 Å². The highest BCUT2D eigenvalue weighted by molar-refractivity contribution is 5.99. The van der Waals surface area contributed by atoms with Gasteiger partial charge in [-0.3, -0.25) is 9.59 Å². The summed E-state index contributed by atoms with van der Waals surface area (Å²) in [6, 6.07) is 5.40. The molecule has 1 fully saturated rings. The molecule has 2 heterocycles. The summed E-state index contributed by atoms with van der Waals surface area (Å²) >= 11 is 0. The van der Waals surface area contributed by atoms with Crippen molar-refractivity contribution >= 4 is 22.7 Å². The van der Waals surface area contributed by atoms with Gasteiger partial charge in [0.05, 0.1) is 19.7 Å². The van der Waals surface area contributed by atoms with Crippen molar-refractivity contribution in [3.63, 3.8) is 0 Å². The molecule has 3 rings (SSSR count). The number of fused-ring (bicyclic) bond motifs is 1. The van der Waals surface area contributed by atoms with Crippen LogP contribution in [0, 0.1) is 0 Å². The number of carbonyl (C=O) groups is 2. The van der Waals surface area contributed by atoms with Crippen LogP contribution in [0.4, 0.5) is 0 Å². The summed E-state index contributed by atoms with van der Waals surface area (Å²) in [6.45, 7) is 2.05. The second-order valence-corrected chi connectivity index (χ2v) is 6.07. The second kappa shape index (κ2) is 7.46. The van der Waals surface area contributed by atoms with Gasteiger partial charge < -0.3 is 24.7 Å². The van der Waals surface area contributed by atoms with Crippen LogP contribution in [0.5, 0.6) is 11.5 Å². The van der Waals surface area contributed by atoms with Gasteiger partial charge in [-0.2, -0.15) is 0 Å². The first-order chi connectivity index (χ1) is 12.1. The van der Waals surface area contributed by atoms with E-state index in [4.69, 9.17) is 9.47 Å². The van der Waals surface area contributed by atoms with Crippen molar-refractivity contribution in [1.82, 2.24) is 15.2 Å². The van der Waals surface area contributed by atoms with Crippen LogP contribution in [0.25, 0.3) is 10.9 Å². The largest absolute Gasteiger partial charge is 0.497 e. The molecule has 0 radical (unpaired) electrons. The molecule has 1 aliphatic heterocycles. The van der Waals surface area contributed by atoms with E-state index in [1.807, 2.05) is 11.0 Å². The maximum Gasteiger partial charge on any atom is 0.267 e. The molecule has 25 heavy (non-hydrogen) atoms. The molecule has 2 N–H and O–H groups in total. The molecule has 2 aromatic rings. The van der Waals surface area contributed by atoms with Crippen LogP contribution in [0.15, 0.2) is 18.2 Å². The Labute approximate surface area is 146 Å². The van der Waals surface area contributed by atoms with Gasteiger partial charge in [-0.05, 0) is 25.0 Å². The fourth-order valence-corrected chi connectivity index (χ4v) is 3.09.